The summed E-state index contributed by atoms with van der Waals surface area (Å²) >= 11 is 0. The first kappa shape index (κ1) is 10.2. The van der Waals surface area contributed by atoms with Crippen molar-refractivity contribution >= 4 is 11.5 Å². The lowest BCUT2D eigenvalue weighted by Gasteiger charge is -2.32. The summed E-state index contributed by atoms with van der Waals surface area (Å²) in [6, 6.07) is 3.85. The van der Waals surface area contributed by atoms with Gasteiger partial charge in [0.15, 0.2) is 0 Å². The van der Waals surface area contributed by atoms with Gasteiger partial charge in [-0.05, 0) is 25.0 Å². The predicted molar refractivity (Wildman–Crippen MR) is 60.9 cm³/mol. The Balaban J connectivity index is 2.06. The van der Waals surface area contributed by atoms with Crippen LogP contribution in [0.5, 0.6) is 0 Å². The van der Waals surface area contributed by atoms with Crippen molar-refractivity contribution in [1.29, 1.82) is 0 Å². The Labute approximate surface area is 90.0 Å². The fourth-order valence-corrected chi connectivity index (χ4v) is 1.92. The van der Waals surface area contributed by atoms with Crippen LogP contribution >= 0.6 is 0 Å². The second-order valence-electron chi connectivity index (χ2n) is 3.90. The van der Waals surface area contributed by atoms with E-state index in [0.717, 1.165) is 31.7 Å². The van der Waals surface area contributed by atoms with E-state index in [0.29, 0.717) is 11.8 Å². The van der Waals surface area contributed by atoms with Gasteiger partial charge in [-0.1, -0.05) is 0 Å². The van der Waals surface area contributed by atoms with Gasteiger partial charge in [0.1, 0.15) is 5.82 Å². The van der Waals surface area contributed by atoms with Crippen molar-refractivity contribution in [2.24, 2.45) is 0 Å². The van der Waals surface area contributed by atoms with Crippen molar-refractivity contribution < 1.29 is 4.74 Å². The number of hydrogen-bond donors (Lipinski definition) is 1. The molecule has 1 fully saturated rings. The Hall–Kier alpha value is -1.29. The number of piperidine rings is 1. The summed E-state index contributed by atoms with van der Waals surface area (Å²) in [7, 11) is 1.77. The lowest BCUT2D eigenvalue weighted by molar-refractivity contribution is 0.0891. The van der Waals surface area contributed by atoms with Gasteiger partial charge < -0.3 is 15.4 Å². The third kappa shape index (κ3) is 2.39. The van der Waals surface area contributed by atoms with E-state index in [9.17, 15) is 0 Å². The maximum atomic E-state index is 5.60. The zero-order valence-corrected chi connectivity index (χ0v) is 9.02. The van der Waals surface area contributed by atoms with Crippen LogP contribution in [0.2, 0.25) is 0 Å². The first-order valence-corrected chi connectivity index (χ1v) is 5.29. The molecule has 15 heavy (non-hydrogen) atoms. The van der Waals surface area contributed by atoms with Crippen molar-refractivity contribution in [3.63, 3.8) is 0 Å². The van der Waals surface area contributed by atoms with Crippen molar-refractivity contribution in [2.45, 2.75) is 18.9 Å². The van der Waals surface area contributed by atoms with Gasteiger partial charge in [0.25, 0.3) is 0 Å². The molecule has 1 aliphatic rings. The molecule has 0 aliphatic carbocycles. The summed E-state index contributed by atoms with van der Waals surface area (Å²) in [5.41, 5.74) is 6.31. The molecule has 2 heterocycles. The van der Waals surface area contributed by atoms with Gasteiger partial charge in [0, 0.05) is 20.2 Å². The lowest BCUT2D eigenvalue weighted by Crippen LogP contribution is -2.39. The smallest absolute Gasteiger partial charge is 0.128 e. The van der Waals surface area contributed by atoms with E-state index in [4.69, 9.17) is 10.5 Å². The third-order valence-electron chi connectivity index (χ3n) is 2.81. The Morgan fingerprint density at radius 2 is 2.40 bits per heavy atom. The van der Waals surface area contributed by atoms with Gasteiger partial charge in [-0.3, -0.25) is 0 Å². The standard InChI is InChI=1S/C11H17N3O/c1-15-10-3-2-6-14(8-10)11-5-4-9(12)7-13-11/h4-5,7,10H,2-3,6,8,12H2,1H3. The van der Waals surface area contributed by atoms with Crippen LogP contribution in [0.25, 0.3) is 0 Å². The summed E-state index contributed by atoms with van der Waals surface area (Å²) < 4.78 is 5.37. The molecule has 2 rings (SSSR count). The Bertz CT molecular complexity index is 312. The van der Waals surface area contributed by atoms with Crippen LogP contribution in [0, 0.1) is 0 Å². The van der Waals surface area contributed by atoms with Gasteiger partial charge in [0.05, 0.1) is 18.0 Å². The summed E-state index contributed by atoms with van der Waals surface area (Å²) in [5, 5.41) is 0. The fraction of sp³-hybridized carbons (Fsp3) is 0.545. The van der Waals surface area contributed by atoms with Gasteiger partial charge >= 0.3 is 0 Å². The minimum Gasteiger partial charge on any atom is -0.397 e. The molecule has 1 saturated heterocycles. The largest absolute Gasteiger partial charge is 0.397 e. The fourth-order valence-electron chi connectivity index (χ4n) is 1.92. The van der Waals surface area contributed by atoms with Gasteiger partial charge in [-0.25, -0.2) is 4.98 Å². The highest BCUT2D eigenvalue weighted by Gasteiger charge is 2.19. The van der Waals surface area contributed by atoms with E-state index in [-0.39, 0.29) is 0 Å². The van der Waals surface area contributed by atoms with Gasteiger partial charge in [0.2, 0.25) is 0 Å². The molecule has 1 aromatic heterocycles. The number of aromatic nitrogens is 1. The molecule has 1 aliphatic heterocycles. The number of pyridine rings is 1. The van der Waals surface area contributed by atoms with Crippen LogP contribution in [0.15, 0.2) is 18.3 Å². The van der Waals surface area contributed by atoms with Gasteiger partial charge in [-0.15, -0.1) is 0 Å². The summed E-state index contributed by atoms with van der Waals surface area (Å²) in [4.78, 5) is 6.56. The van der Waals surface area contributed by atoms with E-state index < -0.39 is 0 Å². The molecule has 0 bridgehead atoms. The second kappa shape index (κ2) is 4.49. The third-order valence-corrected chi connectivity index (χ3v) is 2.81. The van der Waals surface area contributed by atoms with E-state index in [1.807, 2.05) is 12.1 Å². The number of nitrogens with zero attached hydrogens (tertiary/aromatic N) is 2. The molecule has 2 N–H and O–H groups in total. The van der Waals surface area contributed by atoms with E-state index >= 15 is 0 Å². The number of nitrogen functional groups attached to an aromatic ring is 1. The Kier molecular flexibility index (Phi) is 3.06. The molecule has 0 amide bonds. The molecular formula is C11H17N3O. The summed E-state index contributed by atoms with van der Waals surface area (Å²) in [6.45, 7) is 1.98. The highest BCUT2D eigenvalue weighted by Crippen LogP contribution is 2.19. The van der Waals surface area contributed by atoms with Crippen LogP contribution in [-0.4, -0.2) is 31.3 Å². The van der Waals surface area contributed by atoms with Crippen LogP contribution in [0.1, 0.15) is 12.8 Å². The predicted octanol–water partition coefficient (Wildman–Crippen LogP) is 1.28. The summed E-state index contributed by atoms with van der Waals surface area (Å²) in [6.07, 6.45) is 4.33. The minimum absolute atomic E-state index is 0.332. The minimum atomic E-state index is 0.332. The number of rotatable bonds is 2. The Morgan fingerprint density at radius 3 is 3.07 bits per heavy atom. The first-order chi connectivity index (χ1) is 7.29. The zero-order valence-electron chi connectivity index (χ0n) is 9.02. The highest BCUT2D eigenvalue weighted by atomic mass is 16.5. The van der Waals surface area contributed by atoms with Crippen molar-refractivity contribution in [1.82, 2.24) is 4.98 Å². The molecule has 0 aromatic carbocycles. The molecule has 0 radical (unpaired) electrons. The molecule has 0 saturated carbocycles. The number of methoxy groups -OCH3 is 1. The van der Waals surface area contributed by atoms with Gasteiger partial charge in [-0.2, -0.15) is 0 Å². The van der Waals surface area contributed by atoms with Crippen LogP contribution in [0.3, 0.4) is 0 Å². The Morgan fingerprint density at radius 1 is 1.53 bits per heavy atom. The molecule has 1 atom stereocenters. The molecule has 1 unspecified atom stereocenters. The number of ether oxygens (including phenoxy) is 1. The van der Waals surface area contributed by atoms with Crippen molar-refractivity contribution in [3.05, 3.63) is 18.3 Å². The maximum absolute atomic E-state index is 5.60. The number of nitrogens with two attached hydrogens (primary N) is 1. The quantitative estimate of drug-likeness (QED) is 0.793. The first-order valence-electron chi connectivity index (χ1n) is 5.29. The summed E-state index contributed by atoms with van der Waals surface area (Å²) in [5.74, 6) is 0.992. The van der Waals surface area contributed by atoms with E-state index in [2.05, 4.69) is 9.88 Å². The van der Waals surface area contributed by atoms with Crippen molar-refractivity contribution in [3.8, 4) is 0 Å². The molecular weight excluding hydrogens is 190 g/mol. The normalized spacial score (nSPS) is 21.7. The lowest BCUT2D eigenvalue weighted by atomic mass is 10.1. The number of anilines is 2. The van der Waals surface area contributed by atoms with Crippen molar-refractivity contribution in [2.75, 3.05) is 30.8 Å². The highest BCUT2D eigenvalue weighted by molar-refractivity contribution is 5.46. The van der Waals surface area contributed by atoms with E-state index in [1.165, 1.54) is 0 Å². The average Bonchev–Trinajstić information content (AvgIpc) is 2.30. The average molecular weight is 207 g/mol. The molecule has 82 valence electrons. The molecule has 0 spiro atoms. The zero-order chi connectivity index (χ0) is 10.7. The monoisotopic (exact) mass is 207 g/mol. The molecule has 1 aromatic rings. The maximum Gasteiger partial charge on any atom is 0.128 e. The topological polar surface area (TPSA) is 51.4 Å². The molecule has 4 nitrogen and oxygen atoms in total. The van der Waals surface area contributed by atoms with E-state index in [1.54, 1.807) is 13.3 Å². The van der Waals surface area contributed by atoms with Crippen LogP contribution in [0.4, 0.5) is 11.5 Å². The second-order valence-corrected chi connectivity index (χ2v) is 3.90. The van der Waals surface area contributed by atoms with Crippen LogP contribution in [-0.2, 0) is 4.74 Å². The molecule has 4 heteroatoms. The number of hydrogen-bond acceptors (Lipinski definition) is 4. The SMILES string of the molecule is COC1CCCN(c2ccc(N)cn2)C1. The van der Waals surface area contributed by atoms with Crippen LogP contribution < -0.4 is 10.6 Å².